The molecule has 108 valence electrons. The average molecular weight is 318 g/mol. The fraction of sp³-hybridized carbons (Fsp3) is 0.235. The number of benzene rings is 2. The van der Waals surface area contributed by atoms with Crippen LogP contribution in [-0.2, 0) is 4.79 Å². The summed E-state index contributed by atoms with van der Waals surface area (Å²) in [6, 6.07) is 16.0. The lowest BCUT2D eigenvalue weighted by Gasteiger charge is -2.14. The quantitative estimate of drug-likeness (QED) is 0.894. The summed E-state index contributed by atoms with van der Waals surface area (Å²) in [5, 5.41) is 3.60. The smallest absolute Gasteiger partial charge is 0.237 e. The van der Waals surface area contributed by atoms with Crippen LogP contribution in [0.4, 0.5) is 0 Å². The Kier molecular flexibility index (Phi) is 4.51. The Morgan fingerprint density at radius 2 is 1.90 bits per heavy atom. The van der Waals surface area contributed by atoms with Crippen LogP contribution in [0, 0.1) is 0 Å². The Morgan fingerprint density at radius 3 is 2.71 bits per heavy atom. The molecule has 4 heteroatoms. The van der Waals surface area contributed by atoms with Crippen LogP contribution in [0.3, 0.4) is 0 Å². The highest BCUT2D eigenvalue weighted by atomic mass is 35.5. The maximum absolute atomic E-state index is 12.2. The van der Waals surface area contributed by atoms with Crippen molar-refractivity contribution < 1.29 is 4.79 Å². The molecule has 1 heterocycles. The van der Waals surface area contributed by atoms with Gasteiger partial charge in [0.1, 0.15) is 5.25 Å². The maximum Gasteiger partial charge on any atom is 0.237 e. The van der Waals surface area contributed by atoms with Crippen molar-refractivity contribution in [2.45, 2.75) is 11.7 Å². The van der Waals surface area contributed by atoms with Gasteiger partial charge in [0, 0.05) is 11.6 Å². The van der Waals surface area contributed by atoms with Crippen LogP contribution in [0.5, 0.6) is 0 Å². The molecular formula is C17H16ClNOS. The number of halogens is 1. The van der Waals surface area contributed by atoms with Crippen molar-refractivity contribution in [2.75, 3.05) is 12.3 Å². The van der Waals surface area contributed by atoms with E-state index in [-0.39, 0.29) is 11.2 Å². The third kappa shape index (κ3) is 3.42. The zero-order valence-corrected chi connectivity index (χ0v) is 13.1. The summed E-state index contributed by atoms with van der Waals surface area (Å²) in [7, 11) is 0. The molecule has 0 spiro atoms. The number of hydrogen-bond donors (Lipinski definition) is 1. The number of thioether (sulfide) groups is 1. The van der Waals surface area contributed by atoms with Crippen LogP contribution in [0.15, 0.2) is 48.5 Å². The van der Waals surface area contributed by atoms with Crippen molar-refractivity contribution in [3.63, 3.8) is 0 Å². The minimum atomic E-state index is -0.111. The summed E-state index contributed by atoms with van der Waals surface area (Å²) < 4.78 is 0. The number of hydrogen-bond acceptors (Lipinski definition) is 2. The molecule has 3 rings (SSSR count). The number of amides is 1. The highest BCUT2D eigenvalue weighted by Crippen LogP contribution is 2.33. The van der Waals surface area contributed by atoms with E-state index in [1.54, 1.807) is 11.8 Å². The molecule has 0 radical (unpaired) electrons. The lowest BCUT2D eigenvalue weighted by atomic mass is 10.0. The van der Waals surface area contributed by atoms with Gasteiger partial charge in [0.05, 0.1) is 0 Å². The summed E-state index contributed by atoms with van der Waals surface area (Å²) in [6.07, 6.45) is 1.03. The van der Waals surface area contributed by atoms with E-state index in [0.29, 0.717) is 0 Å². The average Bonchev–Trinajstić information content (AvgIpc) is 2.73. The Bertz CT molecular complexity index is 641. The molecule has 0 aliphatic carbocycles. The molecule has 2 aromatic carbocycles. The number of nitrogens with one attached hydrogen (secondary N) is 1. The van der Waals surface area contributed by atoms with Crippen LogP contribution in [-0.4, -0.2) is 18.2 Å². The summed E-state index contributed by atoms with van der Waals surface area (Å²) >= 11 is 7.65. The minimum absolute atomic E-state index is 0.111. The minimum Gasteiger partial charge on any atom is -0.355 e. The van der Waals surface area contributed by atoms with Crippen LogP contribution < -0.4 is 5.32 Å². The van der Waals surface area contributed by atoms with Crippen molar-refractivity contribution in [1.29, 1.82) is 0 Å². The highest BCUT2D eigenvalue weighted by Gasteiger charge is 2.23. The van der Waals surface area contributed by atoms with E-state index in [9.17, 15) is 4.79 Å². The lowest BCUT2D eigenvalue weighted by Crippen LogP contribution is -2.26. The molecule has 2 nitrogen and oxygen atoms in total. The zero-order chi connectivity index (χ0) is 14.7. The fourth-order valence-corrected chi connectivity index (χ4v) is 3.67. The van der Waals surface area contributed by atoms with E-state index >= 15 is 0 Å². The van der Waals surface area contributed by atoms with Gasteiger partial charge in [0.25, 0.3) is 0 Å². The Labute approximate surface area is 133 Å². The van der Waals surface area contributed by atoms with Crippen LogP contribution in [0.25, 0.3) is 11.1 Å². The predicted octanol–water partition coefficient (Wildman–Crippen LogP) is 4.30. The summed E-state index contributed by atoms with van der Waals surface area (Å²) in [4.78, 5) is 12.2. The van der Waals surface area contributed by atoms with Gasteiger partial charge >= 0.3 is 0 Å². The molecule has 21 heavy (non-hydrogen) atoms. The van der Waals surface area contributed by atoms with Gasteiger partial charge in [0.15, 0.2) is 0 Å². The second kappa shape index (κ2) is 6.54. The van der Waals surface area contributed by atoms with E-state index in [2.05, 4.69) is 17.4 Å². The van der Waals surface area contributed by atoms with Crippen molar-refractivity contribution in [3.05, 3.63) is 59.1 Å². The molecule has 1 unspecified atom stereocenters. The first-order valence-corrected chi connectivity index (χ1v) is 8.42. The van der Waals surface area contributed by atoms with E-state index in [1.165, 1.54) is 0 Å². The van der Waals surface area contributed by atoms with Crippen molar-refractivity contribution >= 4 is 29.3 Å². The SMILES string of the molecule is O=C1NCCCSC1c1cccc(-c2ccc(Cl)cc2)c1. The number of rotatable bonds is 2. The molecule has 0 aromatic heterocycles. The van der Waals surface area contributed by atoms with Gasteiger partial charge in [-0.3, -0.25) is 4.79 Å². The zero-order valence-electron chi connectivity index (χ0n) is 11.5. The van der Waals surface area contributed by atoms with Gasteiger partial charge in [-0.2, -0.15) is 0 Å². The highest BCUT2D eigenvalue weighted by molar-refractivity contribution is 8.00. The molecular weight excluding hydrogens is 302 g/mol. The molecule has 0 saturated carbocycles. The van der Waals surface area contributed by atoms with E-state index in [4.69, 9.17) is 11.6 Å². The van der Waals surface area contributed by atoms with E-state index < -0.39 is 0 Å². The normalized spacial score (nSPS) is 18.9. The third-order valence-electron chi connectivity index (χ3n) is 3.51. The number of carbonyl (C=O) groups excluding carboxylic acids is 1. The first kappa shape index (κ1) is 14.5. The number of carbonyl (C=O) groups is 1. The van der Waals surface area contributed by atoms with Gasteiger partial charge in [0.2, 0.25) is 5.91 Å². The van der Waals surface area contributed by atoms with E-state index in [1.807, 2.05) is 36.4 Å². The molecule has 2 aromatic rings. The molecule has 1 aliphatic heterocycles. The van der Waals surface area contributed by atoms with Crippen molar-refractivity contribution in [3.8, 4) is 11.1 Å². The van der Waals surface area contributed by atoms with Crippen molar-refractivity contribution in [1.82, 2.24) is 5.32 Å². The second-order valence-corrected chi connectivity index (χ2v) is 6.68. The third-order valence-corrected chi connectivity index (χ3v) is 5.11. The first-order valence-electron chi connectivity index (χ1n) is 6.99. The Hall–Kier alpha value is -1.45. The van der Waals surface area contributed by atoms with E-state index in [0.717, 1.165) is 40.4 Å². The summed E-state index contributed by atoms with van der Waals surface area (Å²) in [6.45, 7) is 0.777. The molecule has 0 bridgehead atoms. The fourth-order valence-electron chi connectivity index (χ4n) is 2.42. The first-order chi connectivity index (χ1) is 10.2. The lowest BCUT2D eigenvalue weighted by molar-refractivity contribution is -0.120. The van der Waals surface area contributed by atoms with Gasteiger partial charge in [-0.1, -0.05) is 41.9 Å². The predicted molar refractivity (Wildman–Crippen MR) is 89.7 cm³/mol. The monoisotopic (exact) mass is 317 g/mol. The van der Waals surface area contributed by atoms with Gasteiger partial charge < -0.3 is 5.32 Å². The molecule has 1 aliphatic rings. The molecule has 1 N–H and O–H groups in total. The van der Waals surface area contributed by atoms with Gasteiger partial charge in [-0.25, -0.2) is 0 Å². The maximum atomic E-state index is 12.2. The Morgan fingerprint density at radius 1 is 1.10 bits per heavy atom. The van der Waals surface area contributed by atoms with Crippen LogP contribution in [0.2, 0.25) is 5.02 Å². The standard InChI is InChI=1S/C17H16ClNOS/c18-15-7-5-12(6-8-15)13-3-1-4-14(11-13)16-17(20)19-9-2-10-21-16/h1,3-8,11,16H,2,9-10H2,(H,19,20). The van der Waals surface area contributed by atoms with Gasteiger partial charge in [-0.15, -0.1) is 11.8 Å². The van der Waals surface area contributed by atoms with Gasteiger partial charge in [-0.05, 0) is 47.1 Å². The molecule has 1 atom stereocenters. The largest absolute Gasteiger partial charge is 0.355 e. The molecule has 1 saturated heterocycles. The van der Waals surface area contributed by atoms with Crippen LogP contribution >= 0.6 is 23.4 Å². The molecule has 1 fully saturated rings. The Balaban J connectivity index is 1.92. The molecule has 1 amide bonds. The van der Waals surface area contributed by atoms with Crippen molar-refractivity contribution in [2.24, 2.45) is 0 Å². The summed E-state index contributed by atoms with van der Waals surface area (Å²) in [5.41, 5.74) is 3.29. The second-order valence-electron chi connectivity index (χ2n) is 5.03. The summed E-state index contributed by atoms with van der Waals surface area (Å²) in [5.74, 6) is 1.12. The topological polar surface area (TPSA) is 29.1 Å². The van der Waals surface area contributed by atoms with Crippen LogP contribution in [0.1, 0.15) is 17.2 Å².